The Kier molecular flexibility index (Phi) is 9.73. The zero-order chi connectivity index (χ0) is 23.7. The minimum Gasteiger partial charge on any atom is -0.361 e. The number of likely N-dealkylation sites (N-methyl/N-ethyl adjacent to an activating group) is 1. The number of H-pyrrole nitrogens is 1. The van der Waals surface area contributed by atoms with Crippen LogP contribution in [0, 0.1) is 10.8 Å². The maximum atomic E-state index is 12.1. The van der Waals surface area contributed by atoms with Gasteiger partial charge in [-0.25, -0.2) is 0 Å². The van der Waals surface area contributed by atoms with Gasteiger partial charge in [-0.2, -0.15) is 13.2 Å². The van der Waals surface area contributed by atoms with Gasteiger partial charge in [0.1, 0.15) is 5.04 Å². The number of hydrogen-bond acceptors (Lipinski definition) is 6. The molecule has 1 aliphatic heterocycles. The molecule has 1 aliphatic rings. The first-order chi connectivity index (χ1) is 15.1. The number of halogens is 3. The van der Waals surface area contributed by atoms with Gasteiger partial charge in [0.15, 0.2) is 11.5 Å². The van der Waals surface area contributed by atoms with Crippen molar-refractivity contribution in [2.45, 2.75) is 25.6 Å². The summed E-state index contributed by atoms with van der Waals surface area (Å²) in [7, 11) is 2.00. The van der Waals surface area contributed by atoms with Gasteiger partial charge < -0.3 is 15.2 Å². The molecule has 0 bridgehead atoms. The number of amidine groups is 1. The zero-order valence-electron chi connectivity index (χ0n) is 18.1. The van der Waals surface area contributed by atoms with Crippen molar-refractivity contribution in [2.24, 2.45) is 0 Å². The van der Waals surface area contributed by atoms with E-state index in [1.54, 1.807) is 4.90 Å². The van der Waals surface area contributed by atoms with Crippen molar-refractivity contribution in [3.8, 4) is 0 Å². The Bertz CT molecular complexity index is 908. The molecule has 0 aliphatic carbocycles. The number of thioether (sulfide) groups is 1. The highest BCUT2D eigenvalue weighted by atomic mass is 32.2. The molecule has 2 aromatic rings. The Morgan fingerprint density at radius 2 is 1.91 bits per heavy atom. The van der Waals surface area contributed by atoms with Gasteiger partial charge in [-0.3, -0.25) is 20.5 Å². The predicted octanol–water partition coefficient (Wildman–Crippen LogP) is 3.33. The highest BCUT2D eigenvalue weighted by molar-refractivity contribution is 8.27. The third-order valence-corrected chi connectivity index (χ3v) is 5.84. The van der Waals surface area contributed by atoms with Gasteiger partial charge in [-0.1, -0.05) is 18.2 Å². The maximum Gasteiger partial charge on any atom is 0.401 e. The van der Waals surface area contributed by atoms with E-state index in [1.165, 1.54) is 21.4 Å². The molecule has 1 unspecified atom stereocenters. The highest BCUT2D eigenvalue weighted by Crippen LogP contribution is 2.19. The SMILES string of the molecule is CNC(C)Cc1c[nH]c2ccccc12.N=C(C=O)SC(=N)N1CCN(CC(F)(F)F)CC1. The minimum absolute atomic E-state index is 0.0266. The Morgan fingerprint density at radius 3 is 2.50 bits per heavy atom. The molecule has 176 valence electrons. The molecule has 1 fully saturated rings. The lowest BCUT2D eigenvalue weighted by molar-refractivity contribution is -0.148. The van der Waals surface area contributed by atoms with Crippen molar-refractivity contribution in [1.82, 2.24) is 20.1 Å². The van der Waals surface area contributed by atoms with Crippen molar-refractivity contribution in [3.63, 3.8) is 0 Å². The third kappa shape index (κ3) is 8.29. The van der Waals surface area contributed by atoms with Crippen LogP contribution in [0.2, 0.25) is 0 Å². The summed E-state index contributed by atoms with van der Waals surface area (Å²) in [4.78, 5) is 16.4. The fourth-order valence-electron chi connectivity index (χ4n) is 3.29. The van der Waals surface area contributed by atoms with Gasteiger partial charge in [-0.05, 0) is 43.8 Å². The van der Waals surface area contributed by atoms with Crippen molar-refractivity contribution >= 4 is 39.2 Å². The highest BCUT2D eigenvalue weighted by Gasteiger charge is 2.32. The first-order valence-corrected chi connectivity index (χ1v) is 11.0. The summed E-state index contributed by atoms with van der Waals surface area (Å²) in [5, 5.41) is 19.1. The standard InChI is InChI=1S/C12H16N2.C9H13F3N4OS/c1-9(13-2)7-10-8-14-12-6-4-3-5-11(10)12;10-9(11,12)6-15-1-3-16(4-2-15)8(14)18-7(13)5-17/h3-6,8-9,13-14H,7H2,1-2H3;5,13-14H,1-4,6H2. The largest absolute Gasteiger partial charge is 0.401 e. The average Bonchev–Trinajstić information content (AvgIpc) is 3.16. The van der Waals surface area contributed by atoms with Gasteiger partial charge >= 0.3 is 6.18 Å². The molecule has 1 aromatic carbocycles. The van der Waals surface area contributed by atoms with Crippen LogP contribution in [0.1, 0.15) is 12.5 Å². The number of carbonyl (C=O) groups is 1. The summed E-state index contributed by atoms with van der Waals surface area (Å²) in [6.07, 6.45) is -0.692. The second-order valence-electron chi connectivity index (χ2n) is 7.52. The first-order valence-electron chi connectivity index (χ1n) is 10.2. The molecule has 3 rings (SSSR count). The van der Waals surface area contributed by atoms with Crippen LogP contribution in [0.25, 0.3) is 10.9 Å². The van der Waals surface area contributed by atoms with Gasteiger partial charge in [0.2, 0.25) is 0 Å². The van der Waals surface area contributed by atoms with Gasteiger partial charge in [-0.15, -0.1) is 0 Å². The van der Waals surface area contributed by atoms with Crippen molar-refractivity contribution < 1.29 is 18.0 Å². The van der Waals surface area contributed by atoms with E-state index in [4.69, 9.17) is 10.8 Å². The van der Waals surface area contributed by atoms with Crippen LogP contribution < -0.4 is 5.32 Å². The van der Waals surface area contributed by atoms with Crippen LogP contribution >= 0.6 is 11.8 Å². The lowest BCUT2D eigenvalue weighted by Crippen LogP contribution is -2.50. The quantitative estimate of drug-likeness (QED) is 0.305. The van der Waals surface area contributed by atoms with Crippen LogP contribution in [0.5, 0.6) is 0 Å². The van der Waals surface area contributed by atoms with Crippen LogP contribution in [0.3, 0.4) is 0 Å². The number of para-hydroxylation sites is 1. The van der Waals surface area contributed by atoms with Gasteiger partial charge in [0, 0.05) is 49.3 Å². The second kappa shape index (κ2) is 12.0. The normalized spacial score (nSPS) is 15.7. The van der Waals surface area contributed by atoms with E-state index in [9.17, 15) is 18.0 Å². The number of rotatable bonds is 5. The molecule has 1 aromatic heterocycles. The van der Waals surface area contributed by atoms with Gasteiger partial charge in [0.05, 0.1) is 6.54 Å². The Morgan fingerprint density at radius 1 is 1.25 bits per heavy atom. The summed E-state index contributed by atoms with van der Waals surface area (Å²) >= 11 is 0.704. The number of nitrogens with zero attached hydrogens (tertiary/aromatic N) is 2. The molecule has 0 radical (unpaired) electrons. The molecule has 11 heteroatoms. The number of aromatic amines is 1. The Balaban J connectivity index is 0.000000233. The number of carbonyl (C=O) groups excluding carboxylic acids is 1. The molecular weight excluding hydrogens is 441 g/mol. The lowest BCUT2D eigenvalue weighted by Gasteiger charge is -2.35. The summed E-state index contributed by atoms with van der Waals surface area (Å²) in [6, 6.07) is 8.95. The number of fused-ring (bicyclic) bond motifs is 1. The third-order valence-electron chi connectivity index (χ3n) is 5.07. The lowest BCUT2D eigenvalue weighted by atomic mass is 10.1. The van der Waals surface area contributed by atoms with E-state index in [0.717, 1.165) is 6.42 Å². The van der Waals surface area contributed by atoms with E-state index >= 15 is 0 Å². The van der Waals surface area contributed by atoms with E-state index in [1.807, 2.05) is 7.05 Å². The van der Waals surface area contributed by atoms with E-state index in [2.05, 4.69) is 47.7 Å². The molecule has 32 heavy (non-hydrogen) atoms. The molecule has 1 atom stereocenters. The van der Waals surface area contributed by atoms with E-state index in [0.29, 0.717) is 37.2 Å². The molecule has 2 heterocycles. The van der Waals surface area contributed by atoms with Crippen LogP contribution in [-0.4, -0.2) is 83.3 Å². The van der Waals surface area contributed by atoms with Crippen molar-refractivity contribution in [1.29, 1.82) is 10.8 Å². The fraction of sp³-hybridized carbons (Fsp3) is 0.476. The number of benzene rings is 1. The minimum atomic E-state index is -4.20. The number of piperazine rings is 1. The Labute approximate surface area is 189 Å². The van der Waals surface area contributed by atoms with Crippen LogP contribution in [0.15, 0.2) is 30.5 Å². The second-order valence-corrected chi connectivity index (χ2v) is 8.55. The topological polar surface area (TPSA) is 99.1 Å². The first kappa shape index (κ1) is 25.9. The van der Waals surface area contributed by atoms with E-state index < -0.39 is 12.7 Å². The zero-order valence-corrected chi connectivity index (χ0v) is 18.9. The molecule has 0 amide bonds. The fourth-order valence-corrected chi connectivity index (χ4v) is 3.86. The molecule has 0 spiro atoms. The van der Waals surface area contributed by atoms with Crippen LogP contribution in [0.4, 0.5) is 13.2 Å². The molecule has 7 nitrogen and oxygen atoms in total. The van der Waals surface area contributed by atoms with Crippen molar-refractivity contribution in [2.75, 3.05) is 39.8 Å². The summed E-state index contributed by atoms with van der Waals surface area (Å²) < 4.78 is 36.4. The predicted molar refractivity (Wildman–Crippen MR) is 124 cm³/mol. The summed E-state index contributed by atoms with van der Waals surface area (Å²) in [6.45, 7) is 2.29. The number of aromatic nitrogens is 1. The number of aldehydes is 1. The monoisotopic (exact) mass is 470 g/mol. The summed E-state index contributed by atoms with van der Waals surface area (Å²) in [5.41, 5.74) is 2.62. The van der Waals surface area contributed by atoms with Crippen molar-refractivity contribution in [3.05, 3.63) is 36.0 Å². The number of hydrogen-bond donors (Lipinski definition) is 4. The summed E-state index contributed by atoms with van der Waals surface area (Å²) in [5.74, 6) is 0. The molecule has 1 saturated heterocycles. The number of nitrogens with one attached hydrogen (secondary N) is 4. The smallest absolute Gasteiger partial charge is 0.361 e. The number of alkyl halides is 3. The van der Waals surface area contributed by atoms with Gasteiger partial charge in [0.25, 0.3) is 0 Å². The Hall–Kier alpha value is -2.37. The molecular formula is C21H29F3N6OS. The van der Waals surface area contributed by atoms with Crippen LogP contribution in [-0.2, 0) is 11.2 Å². The maximum absolute atomic E-state index is 12.1. The average molecular weight is 471 g/mol. The molecule has 4 N–H and O–H groups in total. The van der Waals surface area contributed by atoms with E-state index in [-0.39, 0.29) is 23.3 Å². The molecule has 0 saturated carbocycles.